The van der Waals surface area contributed by atoms with E-state index in [1.54, 1.807) is 0 Å². The Morgan fingerprint density at radius 3 is 2.17 bits per heavy atom. The molecule has 0 saturated heterocycles. The fourth-order valence-corrected chi connectivity index (χ4v) is 3.05. The van der Waals surface area contributed by atoms with E-state index >= 15 is 0 Å². The summed E-state index contributed by atoms with van der Waals surface area (Å²) in [6.45, 7) is 4.40. The SMILES string of the molecule is CC(=O)Oc1ccc(/C=C/S(=O)(=O)OCCc2ccc(C)cc2)cc1OC(C)=O. The average molecular weight is 418 g/mol. The Morgan fingerprint density at radius 2 is 1.55 bits per heavy atom. The molecule has 2 aromatic carbocycles. The van der Waals surface area contributed by atoms with Crippen LogP contribution in [0.3, 0.4) is 0 Å². The van der Waals surface area contributed by atoms with Crippen molar-refractivity contribution < 1.29 is 31.7 Å². The second-order valence-electron chi connectivity index (χ2n) is 6.25. The van der Waals surface area contributed by atoms with Crippen LogP contribution in [0.5, 0.6) is 11.5 Å². The molecular weight excluding hydrogens is 396 g/mol. The second kappa shape index (κ2) is 9.99. The van der Waals surface area contributed by atoms with Gasteiger partial charge in [-0.15, -0.1) is 0 Å². The molecule has 0 spiro atoms. The van der Waals surface area contributed by atoms with Gasteiger partial charge < -0.3 is 9.47 Å². The highest BCUT2D eigenvalue weighted by Gasteiger charge is 2.11. The number of aryl methyl sites for hydroxylation is 1. The van der Waals surface area contributed by atoms with E-state index in [0.29, 0.717) is 12.0 Å². The van der Waals surface area contributed by atoms with Gasteiger partial charge in [0.2, 0.25) is 0 Å². The highest BCUT2D eigenvalue weighted by Crippen LogP contribution is 2.29. The minimum atomic E-state index is -3.90. The monoisotopic (exact) mass is 418 g/mol. The van der Waals surface area contributed by atoms with Crippen LogP contribution in [-0.2, 0) is 30.3 Å². The Hall–Kier alpha value is -2.97. The van der Waals surface area contributed by atoms with Gasteiger partial charge in [0.25, 0.3) is 10.1 Å². The molecule has 0 amide bonds. The molecule has 8 heteroatoms. The van der Waals surface area contributed by atoms with Gasteiger partial charge in [0.15, 0.2) is 11.5 Å². The van der Waals surface area contributed by atoms with E-state index in [0.717, 1.165) is 16.5 Å². The van der Waals surface area contributed by atoms with Crippen molar-refractivity contribution in [3.05, 3.63) is 64.6 Å². The van der Waals surface area contributed by atoms with Crippen molar-refractivity contribution in [3.8, 4) is 11.5 Å². The van der Waals surface area contributed by atoms with Gasteiger partial charge in [-0.2, -0.15) is 8.42 Å². The van der Waals surface area contributed by atoms with Crippen LogP contribution in [0.2, 0.25) is 0 Å². The van der Waals surface area contributed by atoms with Crippen LogP contribution in [0.4, 0.5) is 0 Å². The van der Waals surface area contributed by atoms with E-state index in [1.165, 1.54) is 38.1 Å². The van der Waals surface area contributed by atoms with Crippen molar-refractivity contribution in [1.29, 1.82) is 0 Å². The summed E-state index contributed by atoms with van der Waals surface area (Å²) in [6.07, 6.45) is 1.76. The van der Waals surface area contributed by atoms with Gasteiger partial charge in [-0.05, 0) is 42.7 Å². The molecule has 0 aliphatic carbocycles. The number of carbonyl (C=O) groups excluding carboxylic acids is 2. The van der Waals surface area contributed by atoms with Gasteiger partial charge in [-0.3, -0.25) is 13.8 Å². The number of carbonyl (C=O) groups is 2. The first-order valence-electron chi connectivity index (χ1n) is 8.78. The van der Waals surface area contributed by atoms with Crippen LogP contribution in [0.15, 0.2) is 47.9 Å². The Labute approximate surface area is 170 Å². The first-order chi connectivity index (χ1) is 13.6. The lowest BCUT2D eigenvalue weighted by molar-refractivity contribution is -0.134. The number of hydrogen-bond donors (Lipinski definition) is 0. The highest BCUT2D eigenvalue weighted by molar-refractivity contribution is 7.89. The van der Waals surface area contributed by atoms with Gasteiger partial charge in [-0.1, -0.05) is 35.9 Å². The molecule has 0 atom stereocenters. The van der Waals surface area contributed by atoms with Crippen LogP contribution in [0.25, 0.3) is 6.08 Å². The lowest BCUT2D eigenvalue weighted by atomic mass is 10.1. The van der Waals surface area contributed by atoms with E-state index in [9.17, 15) is 18.0 Å². The van der Waals surface area contributed by atoms with Crippen molar-refractivity contribution >= 4 is 28.1 Å². The van der Waals surface area contributed by atoms with Crippen LogP contribution in [-0.4, -0.2) is 27.0 Å². The zero-order valence-electron chi connectivity index (χ0n) is 16.4. The number of ether oxygens (including phenoxy) is 2. The second-order valence-corrected chi connectivity index (χ2v) is 7.74. The molecule has 0 aromatic heterocycles. The molecule has 29 heavy (non-hydrogen) atoms. The molecule has 2 aromatic rings. The number of esters is 2. The van der Waals surface area contributed by atoms with Crippen LogP contribution in [0.1, 0.15) is 30.5 Å². The van der Waals surface area contributed by atoms with E-state index in [-0.39, 0.29) is 18.1 Å². The summed E-state index contributed by atoms with van der Waals surface area (Å²) in [7, 11) is -3.90. The summed E-state index contributed by atoms with van der Waals surface area (Å²) >= 11 is 0. The fourth-order valence-electron chi connectivity index (χ4n) is 2.33. The van der Waals surface area contributed by atoms with Crippen molar-refractivity contribution in [2.45, 2.75) is 27.2 Å². The van der Waals surface area contributed by atoms with Gasteiger partial charge in [0, 0.05) is 13.8 Å². The van der Waals surface area contributed by atoms with Crippen molar-refractivity contribution in [1.82, 2.24) is 0 Å². The maximum absolute atomic E-state index is 12.1. The Morgan fingerprint density at radius 1 is 0.931 bits per heavy atom. The Balaban J connectivity index is 2.05. The van der Waals surface area contributed by atoms with Gasteiger partial charge in [0.05, 0.1) is 12.0 Å². The normalized spacial score (nSPS) is 11.4. The minimum Gasteiger partial charge on any atom is -0.423 e. The molecule has 0 fully saturated rings. The zero-order chi connectivity index (χ0) is 21.4. The molecule has 0 radical (unpaired) electrons. The molecular formula is C21H22O7S. The Kier molecular flexibility index (Phi) is 7.69. The summed E-state index contributed by atoms with van der Waals surface area (Å²) in [6, 6.07) is 12.0. The van der Waals surface area contributed by atoms with Crippen molar-refractivity contribution in [3.63, 3.8) is 0 Å². The first-order valence-corrected chi connectivity index (χ1v) is 10.3. The molecule has 0 N–H and O–H groups in total. The summed E-state index contributed by atoms with van der Waals surface area (Å²) in [4.78, 5) is 22.4. The number of rotatable bonds is 8. The maximum atomic E-state index is 12.1. The molecule has 0 aliphatic heterocycles. The van der Waals surface area contributed by atoms with E-state index in [1.807, 2.05) is 31.2 Å². The molecule has 0 bridgehead atoms. The van der Waals surface area contributed by atoms with Crippen LogP contribution >= 0.6 is 0 Å². The van der Waals surface area contributed by atoms with Gasteiger partial charge in [-0.25, -0.2) is 0 Å². The third kappa shape index (κ3) is 7.89. The first kappa shape index (κ1) is 22.3. The van der Waals surface area contributed by atoms with Crippen LogP contribution in [0, 0.1) is 6.92 Å². The molecule has 2 rings (SSSR count). The molecule has 7 nitrogen and oxygen atoms in total. The summed E-state index contributed by atoms with van der Waals surface area (Å²) < 4.78 is 39.1. The highest BCUT2D eigenvalue weighted by atomic mass is 32.2. The molecule has 0 unspecified atom stereocenters. The predicted octanol–water partition coefficient (Wildman–Crippen LogP) is 3.41. The fraction of sp³-hybridized carbons (Fsp3) is 0.238. The minimum absolute atomic E-state index is 0.00698. The zero-order valence-corrected chi connectivity index (χ0v) is 17.2. The van der Waals surface area contributed by atoms with Gasteiger partial charge >= 0.3 is 11.9 Å². The topological polar surface area (TPSA) is 96.0 Å². The molecule has 0 heterocycles. The smallest absolute Gasteiger partial charge is 0.308 e. The third-order valence-corrected chi connectivity index (χ3v) is 4.63. The quantitative estimate of drug-likeness (QED) is 0.368. The Bertz CT molecular complexity index is 1010. The van der Waals surface area contributed by atoms with Crippen molar-refractivity contribution in [2.24, 2.45) is 0 Å². The number of hydrogen-bond acceptors (Lipinski definition) is 7. The molecule has 0 saturated carbocycles. The number of benzene rings is 2. The maximum Gasteiger partial charge on any atom is 0.308 e. The summed E-state index contributed by atoms with van der Waals surface area (Å²) in [5, 5.41) is 0.917. The predicted molar refractivity (Wildman–Crippen MR) is 108 cm³/mol. The summed E-state index contributed by atoms with van der Waals surface area (Å²) in [5.41, 5.74) is 2.52. The third-order valence-electron chi connectivity index (χ3n) is 3.66. The molecule has 0 aliphatic rings. The van der Waals surface area contributed by atoms with Crippen molar-refractivity contribution in [2.75, 3.05) is 6.61 Å². The lowest BCUT2D eigenvalue weighted by Crippen LogP contribution is -2.07. The summed E-state index contributed by atoms with van der Waals surface area (Å²) in [5.74, 6) is -1.12. The van der Waals surface area contributed by atoms with E-state index in [4.69, 9.17) is 13.7 Å². The van der Waals surface area contributed by atoms with Gasteiger partial charge in [0.1, 0.15) is 0 Å². The largest absolute Gasteiger partial charge is 0.423 e. The standard InChI is InChI=1S/C21H22O7S/c1-15-4-6-18(7-5-15)10-12-26-29(24,25)13-11-19-8-9-20(27-16(2)22)21(14-19)28-17(3)23/h4-9,11,13-14H,10,12H2,1-3H3/b13-11+. The van der Waals surface area contributed by atoms with E-state index in [2.05, 4.69) is 0 Å². The van der Waals surface area contributed by atoms with E-state index < -0.39 is 22.1 Å². The lowest BCUT2D eigenvalue weighted by Gasteiger charge is -2.09. The average Bonchev–Trinajstić information content (AvgIpc) is 2.63. The molecule has 154 valence electrons. The van der Waals surface area contributed by atoms with Crippen LogP contribution < -0.4 is 9.47 Å².